The zero-order valence-corrected chi connectivity index (χ0v) is 17.1. The van der Waals surface area contributed by atoms with Crippen LogP contribution >= 0.6 is 0 Å². The molecule has 2 atom stereocenters. The fourth-order valence-corrected chi connectivity index (χ4v) is 3.62. The Hall–Kier alpha value is -3.34. The average molecular weight is 402 g/mol. The highest BCUT2D eigenvalue weighted by atomic mass is 16.6. The first-order valence-corrected chi connectivity index (χ1v) is 10.3. The van der Waals surface area contributed by atoms with E-state index in [0.29, 0.717) is 18.0 Å². The first-order valence-electron chi connectivity index (χ1n) is 10.3. The number of amides is 1. The van der Waals surface area contributed by atoms with Gasteiger partial charge in [-0.2, -0.15) is 0 Å². The van der Waals surface area contributed by atoms with Crippen LogP contribution in [0.3, 0.4) is 0 Å². The van der Waals surface area contributed by atoms with E-state index in [0.717, 1.165) is 18.5 Å². The number of aromatic nitrogens is 1. The summed E-state index contributed by atoms with van der Waals surface area (Å²) >= 11 is 0. The molecule has 1 aliphatic heterocycles. The Morgan fingerprint density at radius 2 is 1.77 bits per heavy atom. The lowest BCUT2D eigenvalue weighted by atomic mass is 10.0. The van der Waals surface area contributed by atoms with Crippen molar-refractivity contribution in [2.45, 2.75) is 38.5 Å². The van der Waals surface area contributed by atoms with Gasteiger partial charge in [0, 0.05) is 12.2 Å². The van der Waals surface area contributed by atoms with Crippen LogP contribution in [0.15, 0.2) is 79.0 Å². The van der Waals surface area contributed by atoms with Gasteiger partial charge in [-0.3, -0.25) is 9.78 Å². The molecule has 0 N–H and O–H groups in total. The van der Waals surface area contributed by atoms with Gasteiger partial charge in [-0.15, -0.1) is 0 Å². The van der Waals surface area contributed by atoms with Gasteiger partial charge in [0.15, 0.2) is 11.5 Å². The lowest BCUT2D eigenvalue weighted by Gasteiger charge is -2.34. The summed E-state index contributed by atoms with van der Waals surface area (Å²) in [7, 11) is 0. The SMILES string of the molecule is C[C@@H](CCc1ccccc1)N(Cc1ccccn1)C(=O)[C@@H]1COc2ccccc2O1. The fraction of sp³-hybridized carbons (Fsp3) is 0.280. The predicted octanol–water partition coefficient (Wildman–Crippen LogP) is 4.27. The highest BCUT2D eigenvalue weighted by Crippen LogP contribution is 2.31. The number of nitrogens with zero attached hydrogens (tertiary/aromatic N) is 2. The van der Waals surface area contributed by atoms with Gasteiger partial charge >= 0.3 is 0 Å². The van der Waals surface area contributed by atoms with Crippen LogP contribution in [-0.2, 0) is 17.8 Å². The molecule has 2 heterocycles. The first kappa shape index (κ1) is 20.0. The van der Waals surface area contributed by atoms with E-state index < -0.39 is 6.10 Å². The highest BCUT2D eigenvalue weighted by Gasteiger charge is 2.33. The number of rotatable bonds is 7. The van der Waals surface area contributed by atoms with Gasteiger partial charge in [-0.05, 0) is 49.6 Å². The second-order valence-corrected chi connectivity index (χ2v) is 7.52. The van der Waals surface area contributed by atoms with Gasteiger partial charge < -0.3 is 14.4 Å². The minimum absolute atomic E-state index is 0.0282. The molecule has 0 saturated heterocycles. The third-order valence-corrected chi connectivity index (χ3v) is 5.35. The number of pyridine rings is 1. The van der Waals surface area contributed by atoms with Crippen LogP contribution in [0.1, 0.15) is 24.6 Å². The third kappa shape index (κ3) is 4.79. The van der Waals surface area contributed by atoms with E-state index in [4.69, 9.17) is 9.47 Å². The quantitative estimate of drug-likeness (QED) is 0.592. The van der Waals surface area contributed by atoms with Gasteiger partial charge in [0.05, 0.1) is 12.2 Å². The molecule has 30 heavy (non-hydrogen) atoms. The second kappa shape index (κ2) is 9.44. The summed E-state index contributed by atoms with van der Waals surface area (Å²) in [4.78, 5) is 19.7. The molecular formula is C25H26N2O3. The minimum atomic E-state index is -0.664. The van der Waals surface area contributed by atoms with E-state index in [1.165, 1.54) is 5.56 Å². The molecule has 2 aromatic carbocycles. The number of hydrogen-bond donors (Lipinski definition) is 0. The molecule has 0 aliphatic carbocycles. The zero-order chi connectivity index (χ0) is 20.8. The van der Waals surface area contributed by atoms with E-state index in [2.05, 4.69) is 24.0 Å². The van der Waals surface area contributed by atoms with Crippen molar-refractivity contribution in [3.63, 3.8) is 0 Å². The summed E-state index contributed by atoms with van der Waals surface area (Å²) in [5.74, 6) is 1.21. The Morgan fingerprint density at radius 1 is 1.03 bits per heavy atom. The summed E-state index contributed by atoms with van der Waals surface area (Å²) in [6.07, 6.45) is 2.84. The molecule has 0 unspecified atom stereocenters. The normalized spacial score (nSPS) is 16.0. The van der Waals surface area contributed by atoms with Crippen LogP contribution in [0, 0.1) is 0 Å². The van der Waals surface area contributed by atoms with E-state index in [-0.39, 0.29) is 18.6 Å². The fourth-order valence-electron chi connectivity index (χ4n) is 3.62. The Balaban J connectivity index is 1.50. The number of para-hydroxylation sites is 2. The molecule has 0 saturated carbocycles. The molecule has 1 aromatic heterocycles. The molecule has 1 aliphatic rings. The molecule has 1 amide bonds. The zero-order valence-electron chi connectivity index (χ0n) is 17.1. The van der Waals surface area contributed by atoms with Crippen LogP contribution in [0.25, 0.3) is 0 Å². The number of fused-ring (bicyclic) bond motifs is 1. The second-order valence-electron chi connectivity index (χ2n) is 7.52. The third-order valence-electron chi connectivity index (χ3n) is 5.35. The maximum absolute atomic E-state index is 13.5. The van der Waals surface area contributed by atoms with Crippen LogP contribution < -0.4 is 9.47 Å². The molecule has 4 rings (SSSR count). The Kier molecular flexibility index (Phi) is 6.28. The maximum atomic E-state index is 13.5. The lowest BCUT2D eigenvalue weighted by Crippen LogP contribution is -2.49. The van der Waals surface area contributed by atoms with Crippen LogP contribution in [0.2, 0.25) is 0 Å². The van der Waals surface area contributed by atoms with Gasteiger partial charge in [-0.25, -0.2) is 0 Å². The Bertz CT molecular complexity index is 962. The largest absolute Gasteiger partial charge is 0.485 e. The molecule has 0 spiro atoms. The summed E-state index contributed by atoms with van der Waals surface area (Å²) in [5, 5.41) is 0. The number of carbonyl (C=O) groups excluding carboxylic acids is 1. The topological polar surface area (TPSA) is 51.7 Å². The molecule has 0 bridgehead atoms. The van der Waals surface area contributed by atoms with Gasteiger partial charge in [0.2, 0.25) is 6.10 Å². The number of aryl methyl sites for hydroxylation is 1. The maximum Gasteiger partial charge on any atom is 0.267 e. The molecule has 0 radical (unpaired) electrons. The molecule has 3 aromatic rings. The lowest BCUT2D eigenvalue weighted by molar-refractivity contribution is -0.144. The number of hydrogen-bond acceptors (Lipinski definition) is 4. The predicted molar refractivity (Wildman–Crippen MR) is 115 cm³/mol. The number of carbonyl (C=O) groups is 1. The van der Waals surface area contributed by atoms with Crippen molar-refractivity contribution in [3.05, 3.63) is 90.3 Å². The smallest absolute Gasteiger partial charge is 0.267 e. The van der Waals surface area contributed by atoms with Crippen molar-refractivity contribution in [1.82, 2.24) is 9.88 Å². The minimum Gasteiger partial charge on any atom is -0.485 e. The number of ether oxygens (including phenoxy) is 2. The van der Waals surface area contributed by atoms with Crippen molar-refractivity contribution in [2.24, 2.45) is 0 Å². The highest BCUT2D eigenvalue weighted by molar-refractivity contribution is 5.82. The van der Waals surface area contributed by atoms with Gasteiger partial charge in [-0.1, -0.05) is 48.5 Å². The van der Waals surface area contributed by atoms with E-state index in [1.807, 2.05) is 65.6 Å². The van der Waals surface area contributed by atoms with Crippen molar-refractivity contribution in [1.29, 1.82) is 0 Å². The summed E-state index contributed by atoms with van der Waals surface area (Å²) in [5.41, 5.74) is 2.12. The van der Waals surface area contributed by atoms with Crippen LogP contribution in [0.4, 0.5) is 0 Å². The van der Waals surface area contributed by atoms with Crippen LogP contribution in [0.5, 0.6) is 11.5 Å². The van der Waals surface area contributed by atoms with E-state index in [9.17, 15) is 4.79 Å². The summed E-state index contributed by atoms with van der Waals surface area (Å²) in [6.45, 7) is 2.73. The molecule has 0 fully saturated rings. The molecule has 154 valence electrons. The van der Waals surface area contributed by atoms with Crippen molar-refractivity contribution in [2.75, 3.05) is 6.61 Å². The monoisotopic (exact) mass is 402 g/mol. The van der Waals surface area contributed by atoms with Crippen LogP contribution in [-0.4, -0.2) is 34.5 Å². The Labute approximate surface area is 177 Å². The van der Waals surface area contributed by atoms with Crippen molar-refractivity contribution >= 4 is 5.91 Å². The van der Waals surface area contributed by atoms with Gasteiger partial charge in [0.25, 0.3) is 5.91 Å². The Morgan fingerprint density at radius 3 is 2.53 bits per heavy atom. The standard InChI is InChI=1S/C25H26N2O3/c1-19(14-15-20-9-3-2-4-10-20)27(17-21-11-7-8-16-26-21)25(28)24-18-29-22-12-5-6-13-23(22)30-24/h2-13,16,19,24H,14-15,17-18H2,1H3/t19-,24-/m0/s1. The molecule has 5 nitrogen and oxygen atoms in total. The van der Waals surface area contributed by atoms with Crippen molar-refractivity contribution in [3.8, 4) is 11.5 Å². The van der Waals surface area contributed by atoms with E-state index in [1.54, 1.807) is 6.20 Å². The van der Waals surface area contributed by atoms with Gasteiger partial charge in [0.1, 0.15) is 6.61 Å². The summed E-state index contributed by atoms with van der Waals surface area (Å²) in [6, 6.07) is 23.6. The first-order chi connectivity index (χ1) is 14.7. The van der Waals surface area contributed by atoms with Crippen molar-refractivity contribution < 1.29 is 14.3 Å². The van der Waals surface area contributed by atoms with E-state index >= 15 is 0 Å². The average Bonchev–Trinajstić information content (AvgIpc) is 2.81. The summed E-state index contributed by atoms with van der Waals surface area (Å²) < 4.78 is 11.8. The molecule has 5 heteroatoms. The number of benzene rings is 2. The molecular weight excluding hydrogens is 376 g/mol.